The van der Waals surface area contributed by atoms with Crippen LogP contribution < -0.4 is 59.7 Å². The highest BCUT2D eigenvalue weighted by Gasteiger charge is 2.37. The lowest BCUT2D eigenvalue weighted by atomic mass is 9.84. The maximum atomic E-state index is 14.5. The van der Waals surface area contributed by atoms with Gasteiger partial charge in [0.2, 0.25) is 53.2 Å². The summed E-state index contributed by atoms with van der Waals surface area (Å²) in [7, 11) is 0. The van der Waals surface area contributed by atoms with Crippen LogP contribution in [0.1, 0.15) is 88.3 Å². The summed E-state index contributed by atoms with van der Waals surface area (Å²) in [6.45, 7) is 1.44. The molecule has 1 fully saturated rings. The molecule has 84 heavy (non-hydrogen) atoms. The number of carboxylic acid groups (broad SMARTS) is 1. The first-order chi connectivity index (χ1) is 40.1. The Morgan fingerprint density at radius 2 is 1.06 bits per heavy atom. The molecular weight excluding hydrogens is 1090 g/mol. The van der Waals surface area contributed by atoms with Gasteiger partial charge in [-0.2, -0.15) is 0 Å². The van der Waals surface area contributed by atoms with Crippen LogP contribution in [0.25, 0.3) is 10.9 Å². The highest BCUT2D eigenvalue weighted by atomic mass is 16.4. The van der Waals surface area contributed by atoms with Gasteiger partial charge in [-0.15, -0.1) is 0 Å². The van der Waals surface area contributed by atoms with Gasteiger partial charge in [0, 0.05) is 36.4 Å². The van der Waals surface area contributed by atoms with Gasteiger partial charge >= 0.3 is 5.97 Å². The van der Waals surface area contributed by atoms with Gasteiger partial charge in [-0.05, 0) is 72.5 Å². The van der Waals surface area contributed by atoms with Crippen molar-refractivity contribution in [3.05, 3.63) is 102 Å². The van der Waals surface area contributed by atoms with Crippen LogP contribution in [-0.4, -0.2) is 159 Å². The fourth-order valence-electron chi connectivity index (χ4n) is 9.82. The Labute approximate surface area is 486 Å². The zero-order chi connectivity index (χ0) is 61.5. The molecule has 1 aromatic heterocycles. The Morgan fingerprint density at radius 3 is 1.64 bits per heavy atom. The van der Waals surface area contributed by atoms with Gasteiger partial charge in [0.1, 0.15) is 54.1 Å². The Bertz CT molecular complexity index is 2880. The average Bonchev–Trinajstić information content (AvgIpc) is 4.13. The quantitative estimate of drug-likeness (QED) is 0.0256. The molecule has 1 aliphatic rings. The van der Waals surface area contributed by atoms with Crippen LogP contribution in [0.2, 0.25) is 0 Å². The third-order valence-corrected chi connectivity index (χ3v) is 14.5. The molecule has 1 aliphatic carbocycles. The van der Waals surface area contributed by atoms with Crippen LogP contribution in [0.3, 0.4) is 0 Å². The van der Waals surface area contributed by atoms with Crippen molar-refractivity contribution in [3.63, 3.8) is 0 Å². The number of aliphatic hydroxyl groups is 2. The Kier molecular flexibility index (Phi) is 26.1. The van der Waals surface area contributed by atoms with Crippen molar-refractivity contribution < 1.29 is 68.4 Å². The summed E-state index contributed by atoms with van der Waals surface area (Å²) >= 11 is 0. The van der Waals surface area contributed by atoms with E-state index in [4.69, 9.17) is 17.2 Å². The van der Waals surface area contributed by atoms with Gasteiger partial charge in [0.05, 0.1) is 25.7 Å². The number of fused-ring (bicyclic) bond motifs is 1. The highest BCUT2D eigenvalue weighted by molar-refractivity contribution is 5.99. The number of nitrogens with one attached hydrogen (secondary N) is 9. The molecule has 0 saturated heterocycles. The Balaban J connectivity index is 1.36. The van der Waals surface area contributed by atoms with Crippen molar-refractivity contribution in [3.8, 4) is 5.75 Å². The van der Waals surface area contributed by atoms with Crippen LogP contribution in [0.4, 0.5) is 0 Å². The third kappa shape index (κ3) is 20.5. The summed E-state index contributed by atoms with van der Waals surface area (Å²) in [6, 6.07) is 8.33. The second kappa shape index (κ2) is 33.0. The summed E-state index contributed by atoms with van der Waals surface area (Å²) in [6.07, 6.45) is 4.99. The van der Waals surface area contributed by atoms with E-state index >= 15 is 0 Å². The SMILES string of the molecule is CC(C)[C@@H](NC(=O)[C@@H](Cc1ccc(O)cc1)NC(=O)[C@H](CCCN)NC(=O)[C@H](CO)NC(=O)[C@@H](Cc1ccccc1)NC(=O)[C@@H](CC1CCCCC1)NC(=O)[C@H](N)CC(=O)O)C(=O)N[C@H](Cc1c[nH]c2ccccc12)C(=O)N[C@H](CO)C(N)=O. The van der Waals surface area contributed by atoms with Crippen molar-refractivity contribution >= 4 is 70.0 Å². The molecule has 0 radical (unpaired) electrons. The number of aliphatic carboxylic acids is 1. The lowest BCUT2D eigenvalue weighted by Crippen LogP contribution is -2.62. The smallest absolute Gasteiger partial charge is 0.305 e. The van der Waals surface area contributed by atoms with E-state index in [2.05, 4.69) is 47.5 Å². The first kappa shape index (κ1) is 66.3. The second-order valence-electron chi connectivity index (χ2n) is 21.4. The fraction of sp³-hybridized carbons (Fsp3) is 0.483. The number of rotatable bonds is 33. The third-order valence-electron chi connectivity index (χ3n) is 14.5. The van der Waals surface area contributed by atoms with E-state index in [0.29, 0.717) is 16.7 Å². The summed E-state index contributed by atoms with van der Waals surface area (Å²) in [4.78, 5) is 139. The molecule has 26 nitrogen and oxygen atoms in total. The van der Waals surface area contributed by atoms with Crippen LogP contribution >= 0.6 is 0 Å². The number of aliphatic hydroxyl groups excluding tert-OH is 2. The van der Waals surface area contributed by atoms with Crippen LogP contribution in [0.5, 0.6) is 5.75 Å². The number of primary amides is 1. The molecule has 26 heteroatoms. The number of carbonyl (C=O) groups is 10. The Morgan fingerprint density at radius 1 is 0.571 bits per heavy atom. The predicted octanol–water partition coefficient (Wildman–Crippen LogP) is -1.58. The number of aromatic amines is 1. The van der Waals surface area contributed by atoms with Gasteiger partial charge in [-0.3, -0.25) is 47.9 Å². The number of hydrogen-bond donors (Lipinski definition) is 16. The van der Waals surface area contributed by atoms with Crippen LogP contribution in [0, 0.1) is 11.8 Å². The van der Waals surface area contributed by atoms with Crippen molar-refractivity contribution in [2.45, 2.75) is 145 Å². The van der Waals surface area contributed by atoms with Crippen molar-refractivity contribution in [1.82, 2.24) is 47.5 Å². The van der Waals surface area contributed by atoms with Crippen molar-refractivity contribution in [1.29, 1.82) is 0 Å². The molecule has 1 saturated carbocycles. The first-order valence-electron chi connectivity index (χ1n) is 28.1. The highest BCUT2D eigenvalue weighted by Crippen LogP contribution is 2.28. The lowest BCUT2D eigenvalue weighted by molar-refractivity contribution is -0.140. The largest absolute Gasteiger partial charge is 0.508 e. The number of carboxylic acids is 1. The number of aromatic nitrogens is 1. The molecule has 0 unspecified atom stereocenters. The molecule has 19 N–H and O–H groups in total. The monoisotopic (exact) mass is 1170 g/mol. The second-order valence-corrected chi connectivity index (χ2v) is 21.4. The van der Waals surface area contributed by atoms with E-state index in [9.17, 15) is 68.4 Å². The van der Waals surface area contributed by atoms with Gasteiger partial charge in [0.25, 0.3) is 0 Å². The standard InChI is InChI=1S/C58H80N12O14/c1-32(2)49(58(84)67-45(55(81)68-46(30-71)50(61)76)27-36-29-62-40-17-10-9-16-38(36)40)70-56(82)44(26-35-19-21-37(73)22-20-35)65-52(78)41(18-11-23-59)63-57(83)47(31-72)69-54(80)43(25-34-14-7-4-8-15-34)66-53(79)42(24-33-12-5-3-6-13-33)64-51(77)39(60)28-48(74)75/h4,7-10,14-17,19-22,29,32-33,39,41-47,49,62,71-73H,3,5-6,11-13,18,23-28,30-31,59-60H2,1-2H3,(H2,61,76)(H,63,83)(H,64,77)(H,65,78)(H,66,79)(H,67,84)(H,68,81)(H,69,80)(H,70,82)(H,74,75)/t39-,41+,42-,43-,44-,45-,46-,47+,49-/m1/s1. The van der Waals surface area contributed by atoms with Gasteiger partial charge < -0.3 is 85.1 Å². The summed E-state index contributed by atoms with van der Waals surface area (Å²) < 4.78 is 0. The number of para-hydroxylation sites is 1. The number of carbonyl (C=O) groups excluding carboxylic acids is 9. The number of nitrogens with two attached hydrogens (primary N) is 3. The molecule has 5 rings (SSSR count). The molecular formula is C58H80N12O14. The molecule has 456 valence electrons. The van der Waals surface area contributed by atoms with Crippen LogP contribution in [0.15, 0.2) is 85.1 Å². The molecule has 3 aromatic carbocycles. The first-order valence-corrected chi connectivity index (χ1v) is 28.1. The maximum absolute atomic E-state index is 14.5. The van der Waals surface area contributed by atoms with E-state index in [1.165, 1.54) is 24.3 Å². The van der Waals surface area contributed by atoms with E-state index < -0.39 is 139 Å². The topological polar surface area (TPSA) is 442 Å². The number of amides is 9. The van der Waals surface area contributed by atoms with Crippen molar-refractivity contribution in [2.24, 2.45) is 29.0 Å². The molecule has 0 aliphatic heterocycles. The van der Waals surface area contributed by atoms with E-state index in [1.54, 1.807) is 74.6 Å². The van der Waals surface area contributed by atoms with Gasteiger partial charge in [0.15, 0.2) is 0 Å². The molecule has 0 bridgehead atoms. The lowest BCUT2D eigenvalue weighted by Gasteiger charge is -2.29. The van der Waals surface area contributed by atoms with E-state index in [1.807, 2.05) is 0 Å². The zero-order valence-corrected chi connectivity index (χ0v) is 47.1. The maximum Gasteiger partial charge on any atom is 0.305 e. The van der Waals surface area contributed by atoms with E-state index in [-0.39, 0.29) is 56.7 Å². The molecule has 9 amide bonds. The molecule has 4 aromatic rings. The van der Waals surface area contributed by atoms with Gasteiger partial charge in [-0.1, -0.05) is 107 Å². The molecule has 1 heterocycles. The number of phenols is 1. The summed E-state index contributed by atoms with van der Waals surface area (Å²) in [5, 5.41) is 61.1. The predicted molar refractivity (Wildman–Crippen MR) is 307 cm³/mol. The average molecular weight is 1170 g/mol. The van der Waals surface area contributed by atoms with Crippen LogP contribution in [-0.2, 0) is 67.2 Å². The number of aromatic hydroxyl groups is 1. The number of H-pyrrole nitrogens is 1. The Hall–Kier alpha value is -8.46. The number of benzene rings is 3. The van der Waals surface area contributed by atoms with Gasteiger partial charge in [-0.25, -0.2) is 0 Å². The fourth-order valence-corrected chi connectivity index (χ4v) is 9.82. The minimum Gasteiger partial charge on any atom is -0.508 e. The normalized spacial score (nSPS) is 15.8. The minimum atomic E-state index is -1.73. The van der Waals surface area contributed by atoms with Crippen molar-refractivity contribution in [2.75, 3.05) is 19.8 Å². The summed E-state index contributed by atoms with van der Waals surface area (Å²) in [5.74, 6) is -10.3. The zero-order valence-electron chi connectivity index (χ0n) is 47.1. The number of phenolic OH excluding ortho intramolecular Hbond substituents is 1. The minimum absolute atomic E-state index is 0.0151. The molecule has 0 spiro atoms. The summed E-state index contributed by atoms with van der Waals surface area (Å²) in [5.41, 5.74) is 19.5. The number of hydrogen-bond acceptors (Lipinski definition) is 15. The molecule has 9 atom stereocenters. The van der Waals surface area contributed by atoms with E-state index in [0.717, 1.165) is 43.0 Å².